The molecule has 1 saturated heterocycles. The summed E-state index contributed by atoms with van der Waals surface area (Å²) in [4.78, 5) is 11.1. The van der Waals surface area contributed by atoms with Crippen LogP contribution >= 0.6 is 24.0 Å². The molecule has 2 N–H and O–H groups in total. The lowest BCUT2D eigenvalue weighted by atomic mass is 10.0. The number of aryl methyl sites for hydroxylation is 1. The van der Waals surface area contributed by atoms with Gasteiger partial charge in [0, 0.05) is 39.1 Å². The summed E-state index contributed by atoms with van der Waals surface area (Å²) in [6.07, 6.45) is 2.07. The largest absolute Gasteiger partial charge is 0.357 e. The molecule has 0 spiro atoms. The molecule has 0 bridgehead atoms. The molecular formula is C19H28FIN6O. The maximum Gasteiger partial charge on any atom is 0.223 e. The van der Waals surface area contributed by atoms with Crippen LogP contribution in [0.1, 0.15) is 37.0 Å². The highest BCUT2D eigenvalue weighted by molar-refractivity contribution is 14.0. The smallest absolute Gasteiger partial charge is 0.223 e. The number of hydrogen-bond acceptors (Lipinski definition) is 5. The summed E-state index contributed by atoms with van der Waals surface area (Å²) in [5.74, 6) is 1.72. The van der Waals surface area contributed by atoms with Crippen LogP contribution < -0.4 is 10.6 Å². The Kier molecular flexibility index (Phi) is 9.10. The molecule has 1 aliphatic rings. The number of nitrogens with zero attached hydrogens (tertiary/aromatic N) is 4. The van der Waals surface area contributed by atoms with E-state index in [0.717, 1.165) is 50.5 Å². The van der Waals surface area contributed by atoms with Gasteiger partial charge in [-0.25, -0.2) is 9.38 Å². The van der Waals surface area contributed by atoms with Gasteiger partial charge in [0.25, 0.3) is 0 Å². The van der Waals surface area contributed by atoms with Crippen LogP contribution in [-0.2, 0) is 13.1 Å². The number of guanidine groups is 1. The molecule has 3 rings (SSSR count). The molecule has 2 aromatic rings. The number of aromatic nitrogens is 2. The summed E-state index contributed by atoms with van der Waals surface area (Å²) in [5, 5.41) is 10.6. The molecule has 0 radical (unpaired) electrons. The Morgan fingerprint density at radius 1 is 1.29 bits per heavy atom. The Bertz CT molecular complexity index is 743. The van der Waals surface area contributed by atoms with Crippen molar-refractivity contribution < 1.29 is 8.91 Å². The lowest BCUT2D eigenvalue weighted by Gasteiger charge is -2.33. The highest BCUT2D eigenvalue weighted by Gasteiger charge is 2.20. The fraction of sp³-hybridized carbons (Fsp3) is 0.526. The van der Waals surface area contributed by atoms with E-state index in [0.29, 0.717) is 24.3 Å². The van der Waals surface area contributed by atoms with E-state index < -0.39 is 0 Å². The summed E-state index contributed by atoms with van der Waals surface area (Å²) in [6.45, 7) is 7.84. The summed E-state index contributed by atoms with van der Waals surface area (Å²) >= 11 is 0. The Balaban J connectivity index is 0.00000280. The van der Waals surface area contributed by atoms with E-state index in [2.05, 4.69) is 30.7 Å². The number of aliphatic imine (C=N–C) groups is 1. The lowest BCUT2D eigenvalue weighted by Crippen LogP contribution is -2.48. The van der Waals surface area contributed by atoms with E-state index in [1.807, 2.05) is 19.1 Å². The van der Waals surface area contributed by atoms with E-state index in [4.69, 9.17) is 4.52 Å². The van der Waals surface area contributed by atoms with Crippen molar-refractivity contribution >= 4 is 29.9 Å². The van der Waals surface area contributed by atoms with Gasteiger partial charge < -0.3 is 15.2 Å². The van der Waals surface area contributed by atoms with Gasteiger partial charge in [-0.15, -0.1) is 24.0 Å². The number of hydrogen-bond donors (Lipinski definition) is 2. The second kappa shape index (κ2) is 11.3. The van der Waals surface area contributed by atoms with Gasteiger partial charge >= 0.3 is 0 Å². The predicted molar refractivity (Wildman–Crippen MR) is 117 cm³/mol. The standard InChI is InChI=1S/C19H27FN6O.HI/c1-3-21-19(22-12-18-23-14(2)27-25-18)24-17-8-10-26(11-9-17)13-15-4-6-16(20)7-5-15;/h4-7,17H,3,8-13H2,1-2H3,(H2,21,22,24);1H. The molecular weight excluding hydrogens is 474 g/mol. The molecule has 7 nitrogen and oxygen atoms in total. The van der Waals surface area contributed by atoms with Gasteiger partial charge in [-0.1, -0.05) is 17.3 Å². The number of rotatable bonds is 6. The van der Waals surface area contributed by atoms with Crippen molar-refractivity contribution in [2.45, 2.75) is 45.8 Å². The van der Waals surface area contributed by atoms with Crippen LogP contribution in [0.15, 0.2) is 33.8 Å². The molecule has 1 aromatic carbocycles. The normalized spacial score (nSPS) is 15.9. The topological polar surface area (TPSA) is 78.6 Å². The van der Waals surface area contributed by atoms with Crippen LogP contribution in [0.4, 0.5) is 4.39 Å². The van der Waals surface area contributed by atoms with Crippen LogP contribution in [0.25, 0.3) is 0 Å². The van der Waals surface area contributed by atoms with Crippen molar-refractivity contribution in [1.82, 2.24) is 25.7 Å². The van der Waals surface area contributed by atoms with E-state index >= 15 is 0 Å². The minimum atomic E-state index is -0.187. The first-order valence-electron chi connectivity index (χ1n) is 9.43. The van der Waals surface area contributed by atoms with Gasteiger partial charge in [0.2, 0.25) is 5.89 Å². The maximum absolute atomic E-state index is 13.0. The Morgan fingerprint density at radius 3 is 2.61 bits per heavy atom. The monoisotopic (exact) mass is 502 g/mol. The van der Waals surface area contributed by atoms with Crippen LogP contribution in [0.2, 0.25) is 0 Å². The Labute approximate surface area is 182 Å². The molecule has 0 amide bonds. The van der Waals surface area contributed by atoms with Crippen LogP contribution in [0, 0.1) is 12.7 Å². The molecule has 0 atom stereocenters. The van der Waals surface area contributed by atoms with Crippen molar-refractivity contribution in [2.24, 2.45) is 4.99 Å². The summed E-state index contributed by atoms with van der Waals surface area (Å²) < 4.78 is 18.0. The first kappa shape index (κ1) is 22.5. The van der Waals surface area contributed by atoms with Crippen LogP contribution in [0.3, 0.4) is 0 Å². The quantitative estimate of drug-likeness (QED) is 0.360. The van der Waals surface area contributed by atoms with Gasteiger partial charge in [-0.3, -0.25) is 4.90 Å². The summed E-state index contributed by atoms with van der Waals surface area (Å²) in [7, 11) is 0. The third-order valence-corrected chi connectivity index (χ3v) is 4.54. The van der Waals surface area contributed by atoms with E-state index in [9.17, 15) is 4.39 Å². The number of likely N-dealkylation sites (tertiary alicyclic amines) is 1. The second-order valence-electron chi connectivity index (χ2n) is 6.75. The van der Waals surface area contributed by atoms with Crippen molar-refractivity contribution in [2.75, 3.05) is 19.6 Å². The fourth-order valence-corrected chi connectivity index (χ4v) is 3.15. The fourth-order valence-electron chi connectivity index (χ4n) is 3.15. The summed E-state index contributed by atoms with van der Waals surface area (Å²) in [6, 6.07) is 7.13. The van der Waals surface area contributed by atoms with Gasteiger partial charge in [0.05, 0.1) is 0 Å². The molecule has 28 heavy (non-hydrogen) atoms. The molecule has 2 heterocycles. The first-order chi connectivity index (χ1) is 13.1. The van der Waals surface area contributed by atoms with E-state index in [1.165, 1.54) is 12.1 Å². The Hall–Kier alpha value is -1.75. The number of halogens is 2. The van der Waals surface area contributed by atoms with Crippen molar-refractivity contribution in [1.29, 1.82) is 0 Å². The SMILES string of the molecule is CCNC(=NCc1noc(C)n1)NC1CCN(Cc2ccc(F)cc2)CC1.I. The number of nitrogens with one attached hydrogen (secondary N) is 2. The zero-order valence-electron chi connectivity index (χ0n) is 16.3. The van der Waals surface area contributed by atoms with Crippen LogP contribution in [0.5, 0.6) is 0 Å². The average molecular weight is 502 g/mol. The lowest BCUT2D eigenvalue weighted by molar-refractivity contribution is 0.198. The molecule has 0 unspecified atom stereocenters. The zero-order chi connectivity index (χ0) is 19.1. The van der Waals surface area contributed by atoms with Crippen molar-refractivity contribution in [3.63, 3.8) is 0 Å². The molecule has 0 aliphatic carbocycles. The highest BCUT2D eigenvalue weighted by Crippen LogP contribution is 2.14. The molecule has 9 heteroatoms. The number of piperidine rings is 1. The third kappa shape index (κ3) is 7.01. The van der Waals surface area contributed by atoms with Crippen molar-refractivity contribution in [3.05, 3.63) is 47.4 Å². The van der Waals surface area contributed by atoms with Crippen LogP contribution in [-0.4, -0.2) is 46.7 Å². The second-order valence-corrected chi connectivity index (χ2v) is 6.75. The minimum Gasteiger partial charge on any atom is -0.357 e. The predicted octanol–water partition coefficient (Wildman–Crippen LogP) is 2.85. The molecule has 1 fully saturated rings. The van der Waals surface area contributed by atoms with Crippen molar-refractivity contribution in [3.8, 4) is 0 Å². The molecule has 0 saturated carbocycles. The van der Waals surface area contributed by atoms with Gasteiger partial charge in [-0.05, 0) is 37.5 Å². The van der Waals surface area contributed by atoms with Gasteiger partial charge in [0.15, 0.2) is 11.8 Å². The maximum atomic E-state index is 13.0. The molecule has 1 aromatic heterocycles. The minimum absolute atomic E-state index is 0. The molecule has 154 valence electrons. The highest BCUT2D eigenvalue weighted by atomic mass is 127. The molecule has 1 aliphatic heterocycles. The first-order valence-corrected chi connectivity index (χ1v) is 9.43. The van der Waals surface area contributed by atoms with E-state index in [-0.39, 0.29) is 29.8 Å². The van der Waals surface area contributed by atoms with Gasteiger partial charge in [0.1, 0.15) is 12.4 Å². The summed E-state index contributed by atoms with van der Waals surface area (Å²) in [5.41, 5.74) is 1.15. The third-order valence-electron chi connectivity index (χ3n) is 4.54. The number of benzene rings is 1. The average Bonchev–Trinajstić information content (AvgIpc) is 3.09. The Morgan fingerprint density at radius 2 is 2.00 bits per heavy atom. The van der Waals surface area contributed by atoms with Gasteiger partial charge in [-0.2, -0.15) is 4.98 Å². The zero-order valence-corrected chi connectivity index (χ0v) is 18.7. The van der Waals surface area contributed by atoms with E-state index in [1.54, 1.807) is 6.92 Å².